The number of hydrogen-bond donors (Lipinski definition) is 1. The van der Waals surface area contributed by atoms with E-state index in [2.05, 4.69) is 5.32 Å². The van der Waals surface area contributed by atoms with Crippen LogP contribution in [-0.2, 0) is 4.79 Å². The van der Waals surface area contributed by atoms with Gasteiger partial charge in [-0.15, -0.1) is 0 Å². The van der Waals surface area contributed by atoms with Crippen molar-refractivity contribution in [1.29, 1.82) is 0 Å². The number of rotatable bonds is 0. The minimum atomic E-state index is 0.271. The van der Waals surface area contributed by atoms with Crippen LogP contribution in [0.25, 0.3) is 0 Å². The summed E-state index contributed by atoms with van der Waals surface area (Å²) < 4.78 is 0. The van der Waals surface area contributed by atoms with Crippen LogP contribution in [0.5, 0.6) is 0 Å². The predicted molar refractivity (Wildman–Crippen MR) is 43.1 cm³/mol. The topological polar surface area (TPSA) is 29.1 Å². The Labute approximate surface area is 67.4 Å². The average Bonchev–Trinajstić information content (AvgIpc) is 2.04. The highest BCUT2D eigenvalue weighted by Gasteiger charge is 2.30. The van der Waals surface area contributed by atoms with Crippen LogP contribution in [0.3, 0.4) is 0 Å². The number of nitrogens with one attached hydrogen (secondary N) is 1. The van der Waals surface area contributed by atoms with Crippen molar-refractivity contribution in [1.82, 2.24) is 5.32 Å². The number of piperidine rings is 1. The van der Waals surface area contributed by atoms with E-state index in [0.29, 0.717) is 0 Å². The van der Waals surface area contributed by atoms with Gasteiger partial charge in [-0.05, 0) is 24.7 Å². The molecule has 1 aliphatic carbocycles. The molecule has 62 valence electrons. The lowest BCUT2D eigenvalue weighted by atomic mass is 9.75. The molecular formula is C9H15NO. The number of fused-ring (bicyclic) bond motifs is 1. The lowest BCUT2D eigenvalue weighted by molar-refractivity contribution is -0.125. The third kappa shape index (κ3) is 1.39. The molecule has 2 rings (SSSR count). The van der Waals surface area contributed by atoms with E-state index in [1.807, 2.05) is 0 Å². The Bertz CT molecular complexity index is 167. The van der Waals surface area contributed by atoms with Crippen LogP contribution in [0.1, 0.15) is 32.1 Å². The van der Waals surface area contributed by atoms with Crippen LogP contribution in [0, 0.1) is 11.8 Å². The quantitative estimate of drug-likeness (QED) is 0.558. The minimum absolute atomic E-state index is 0.271. The van der Waals surface area contributed by atoms with Crippen LogP contribution in [0.4, 0.5) is 0 Å². The summed E-state index contributed by atoms with van der Waals surface area (Å²) in [5, 5.41) is 2.94. The second kappa shape index (κ2) is 2.84. The molecule has 0 aromatic heterocycles. The third-order valence-corrected chi connectivity index (χ3v) is 3.08. The van der Waals surface area contributed by atoms with Crippen molar-refractivity contribution in [3.05, 3.63) is 0 Å². The zero-order valence-electron chi connectivity index (χ0n) is 6.81. The molecule has 0 radical (unpaired) electrons. The molecule has 1 saturated heterocycles. The van der Waals surface area contributed by atoms with Gasteiger partial charge in [0.15, 0.2) is 0 Å². The summed E-state index contributed by atoms with van der Waals surface area (Å²) in [6.45, 7) is 0.948. The molecule has 1 N–H and O–H groups in total. The van der Waals surface area contributed by atoms with Gasteiger partial charge in [-0.1, -0.05) is 12.8 Å². The maximum Gasteiger partial charge on any atom is 0.220 e. The first-order valence-corrected chi connectivity index (χ1v) is 4.63. The Morgan fingerprint density at radius 3 is 2.73 bits per heavy atom. The number of carbonyl (C=O) groups is 1. The lowest BCUT2D eigenvalue weighted by Crippen LogP contribution is -2.41. The van der Waals surface area contributed by atoms with E-state index >= 15 is 0 Å². The van der Waals surface area contributed by atoms with Gasteiger partial charge in [0.1, 0.15) is 0 Å². The molecular weight excluding hydrogens is 138 g/mol. The third-order valence-electron chi connectivity index (χ3n) is 3.08. The first-order valence-electron chi connectivity index (χ1n) is 4.63. The highest BCUT2D eigenvalue weighted by atomic mass is 16.1. The molecule has 2 fully saturated rings. The molecule has 0 aromatic carbocycles. The first kappa shape index (κ1) is 7.14. The summed E-state index contributed by atoms with van der Waals surface area (Å²) in [6.07, 6.45) is 6.14. The van der Waals surface area contributed by atoms with Crippen molar-refractivity contribution in [3.8, 4) is 0 Å². The van der Waals surface area contributed by atoms with E-state index in [-0.39, 0.29) is 5.91 Å². The minimum Gasteiger partial charge on any atom is -0.356 e. The van der Waals surface area contributed by atoms with Crippen LogP contribution < -0.4 is 5.32 Å². The summed E-state index contributed by atoms with van der Waals surface area (Å²) >= 11 is 0. The Hall–Kier alpha value is -0.530. The highest BCUT2D eigenvalue weighted by Crippen LogP contribution is 2.33. The molecule has 1 heterocycles. The largest absolute Gasteiger partial charge is 0.356 e. The van der Waals surface area contributed by atoms with E-state index in [1.165, 1.54) is 25.7 Å². The summed E-state index contributed by atoms with van der Waals surface area (Å²) in [4.78, 5) is 11.0. The van der Waals surface area contributed by atoms with Crippen LogP contribution in [-0.4, -0.2) is 12.5 Å². The maximum absolute atomic E-state index is 11.0. The maximum atomic E-state index is 11.0. The van der Waals surface area contributed by atoms with Gasteiger partial charge >= 0.3 is 0 Å². The van der Waals surface area contributed by atoms with Crippen molar-refractivity contribution in [3.63, 3.8) is 0 Å². The Morgan fingerprint density at radius 2 is 1.91 bits per heavy atom. The normalized spacial score (nSPS) is 37.6. The first-order chi connectivity index (χ1) is 5.36. The predicted octanol–water partition coefficient (Wildman–Crippen LogP) is 1.31. The molecule has 2 nitrogen and oxygen atoms in total. The van der Waals surface area contributed by atoms with E-state index in [9.17, 15) is 4.79 Å². The molecule has 1 aliphatic heterocycles. The molecule has 1 amide bonds. The molecule has 2 heteroatoms. The van der Waals surface area contributed by atoms with Crippen molar-refractivity contribution in [2.45, 2.75) is 32.1 Å². The highest BCUT2D eigenvalue weighted by molar-refractivity contribution is 5.77. The molecule has 2 aliphatic rings. The van der Waals surface area contributed by atoms with E-state index in [1.54, 1.807) is 0 Å². The van der Waals surface area contributed by atoms with Crippen LogP contribution in [0.2, 0.25) is 0 Å². The van der Waals surface area contributed by atoms with Gasteiger partial charge in [0.25, 0.3) is 0 Å². The molecule has 11 heavy (non-hydrogen) atoms. The lowest BCUT2D eigenvalue weighted by Gasteiger charge is -2.35. The molecule has 1 saturated carbocycles. The number of amides is 1. The standard InChI is InChI=1S/C9H15NO/c11-9-5-7-3-1-2-4-8(7)6-10-9/h7-8H,1-6H2,(H,10,11)/t7-,8-/m1/s1. The van der Waals surface area contributed by atoms with Gasteiger partial charge in [-0.2, -0.15) is 0 Å². The Balaban J connectivity index is 1.98. The smallest absolute Gasteiger partial charge is 0.220 e. The van der Waals surface area contributed by atoms with Crippen molar-refractivity contribution < 1.29 is 4.79 Å². The summed E-state index contributed by atoms with van der Waals surface area (Å²) in [7, 11) is 0. The van der Waals surface area contributed by atoms with E-state index in [0.717, 1.165) is 24.8 Å². The molecule has 0 spiro atoms. The van der Waals surface area contributed by atoms with Crippen LogP contribution in [0.15, 0.2) is 0 Å². The molecule has 0 aromatic rings. The molecule has 0 bridgehead atoms. The SMILES string of the molecule is O=C1C[C@H]2CCCC[C@@H]2CN1. The number of hydrogen-bond acceptors (Lipinski definition) is 1. The zero-order valence-corrected chi connectivity index (χ0v) is 6.81. The summed E-state index contributed by atoms with van der Waals surface area (Å²) in [5.74, 6) is 1.80. The molecule has 2 atom stereocenters. The van der Waals surface area contributed by atoms with Gasteiger partial charge in [-0.3, -0.25) is 4.79 Å². The van der Waals surface area contributed by atoms with Gasteiger partial charge in [0, 0.05) is 13.0 Å². The van der Waals surface area contributed by atoms with E-state index < -0.39 is 0 Å². The van der Waals surface area contributed by atoms with Gasteiger partial charge in [-0.25, -0.2) is 0 Å². The number of carbonyl (C=O) groups excluding carboxylic acids is 1. The van der Waals surface area contributed by atoms with Crippen molar-refractivity contribution >= 4 is 5.91 Å². The summed E-state index contributed by atoms with van der Waals surface area (Å²) in [5.41, 5.74) is 0. The Kier molecular flexibility index (Phi) is 1.84. The molecule has 0 unspecified atom stereocenters. The summed E-state index contributed by atoms with van der Waals surface area (Å²) in [6, 6.07) is 0. The van der Waals surface area contributed by atoms with Crippen molar-refractivity contribution in [2.24, 2.45) is 11.8 Å². The Morgan fingerprint density at radius 1 is 1.18 bits per heavy atom. The zero-order chi connectivity index (χ0) is 7.68. The monoisotopic (exact) mass is 153 g/mol. The van der Waals surface area contributed by atoms with E-state index in [4.69, 9.17) is 0 Å². The van der Waals surface area contributed by atoms with Gasteiger partial charge in [0.2, 0.25) is 5.91 Å². The van der Waals surface area contributed by atoms with Crippen molar-refractivity contribution in [2.75, 3.05) is 6.54 Å². The average molecular weight is 153 g/mol. The fourth-order valence-electron chi connectivity index (χ4n) is 2.38. The fraction of sp³-hybridized carbons (Fsp3) is 0.889. The van der Waals surface area contributed by atoms with Gasteiger partial charge < -0.3 is 5.32 Å². The van der Waals surface area contributed by atoms with Crippen LogP contribution >= 0.6 is 0 Å². The second-order valence-electron chi connectivity index (χ2n) is 3.81. The fourth-order valence-corrected chi connectivity index (χ4v) is 2.38. The van der Waals surface area contributed by atoms with Gasteiger partial charge in [0.05, 0.1) is 0 Å². The second-order valence-corrected chi connectivity index (χ2v) is 3.81.